The zero-order valence-electron chi connectivity index (χ0n) is 9.35. The summed E-state index contributed by atoms with van der Waals surface area (Å²) in [5, 5.41) is 12.1. The average Bonchev–Trinajstić information content (AvgIpc) is 2.35. The van der Waals surface area contributed by atoms with Crippen LogP contribution in [0, 0.1) is 0 Å². The molecule has 0 amide bonds. The number of rotatable bonds is 4. The molecule has 0 saturated heterocycles. The summed E-state index contributed by atoms with van der Waals surface area (Å²) in [7, 11) is 0. The van der Waals surface area contributed by atoms with Crippen LogP contribution in [0.5, 0.6) is 11.5 Å². The van der Waals surface area contributed by atoms with Crippen molar-refractivity contribution in [2.24, 2.45) is 0 Å². The standard InChI is InChI=1S/C12H17NO3/c1-9(7-14)13-6-10-8-15-11-4-2-3-5-12(11)16-10/h2-5,9-10,13-14H,6-8H2,1H3. The summed E-state index contributed by atoms with van der Waals surface area (Å²) in [4.78, 5) is 0. The molecular formula is C12H17NO3. The molecular weight excluding hydrogens is 206 g/mol. The summed E-state index contributed by atoms with van der Waals surface area (Å²) in [5.74, 6) is 1.59. The molecule has 4 heteroatoms. The highest BCUT2D eigenvalue weighted by Gasteiger charge is 2.20. The van der Waals surface area contributed by atoms with E-state index in [1.54, 1.807) is 0 Å². The monoisotopic (exact) mass is 223 g/mol. The summed E-state index contributed by atoms with van der Waals surface area (Å²) in [6, 6.07) is 7.73. The fourth-order valence-corrected chi connectivity index (χ4v) is 1.56. The quantitative estimate of drug-likeness (QED) is 0.792. The van der Waals surface area contributed by atoms with Crippen LogP contribution in [0.2, 0.25) is 0 Å². The highest BCUT2D eigenvalue weighted by atomic mass is 16.6. The van der Waals surface area contributed by atoms with Crippen molar-refractivity contribution < 1.29 is 14.6 Å². The number of ether oxygens (including phenoxy) is 2. The van der Waals surface area contributed by atoms with Crippen molar-refractivity contribution >= 4 is 0 Å². The van der Waals surface area contributed by atoms with E-state index in [4.69, 9.17) is 14.6 Å². The summed E-state index contributed by atoms with van der Waals surface area (Å²) < 4.78 is 11.3. The second-order valence-electron chi connectivity index (χ2n) is 3.99. The minimum Gasteiger partial charge on any atom is -0.486 e. The first-order valence-corrected chi connectivity index (χ1v) is 5.52. The summed E-state index contributed by atoms with van der Waals surface area (Å²) in [6.45, 7) is 3.28. The molecule has 0 bridgehead atoms. The largest absolute Gasteiger partial charge is 0.486 e. The van der Waals surface area contributed by atoms with Crippen molar-refractivity contribution in [3.8, 4) is 11.5 Å². The van der Waals surface area contributed by atoms with Gasteiger partial charge in [0.15, 0.2) is 11.5 Å². The van der Waals surface area contributed by atoms with E-state index in [2.05, 4.69) is 5.32 Å². The highest BCUT2D eigenvalue weighted by molar-refractivity contribution is 5.40. The third-order valence-corrected chi connectivity index (χ3v) is 2.54. The van der Waals surface area contributed by atoms with Crippen molar-refractivity contribution in [3.05, 3.63) is 24.3 Å². The first kappa shape index (κ1) is 11.2. The number of nitrogens with one attached hydrogen (secondary N) is 1. The van der Waals surface area contributed by atoms with Crippen LogP contribution < -0.4 is 14.8 Å². The summed E-state index contributed by atoms with van der Waals surface area (Å²) >= 11 is 0. The zero-order chi connectivity index (χ0) is 11.4. The van der Waals surface area contributed by atoms with Crippen molar-refractivity contribution in [1.82, 2.24) is 5.32 Å². The van der Waals surface area contributed by atoms with Crippen LogP contribution in [0.15, 0.2) is 24.3 Å². The maximum absolute atomic E-state index is 8.89. The van der Waals surface area contributed by atoms with Crippen molar-refractivity contribution in [3.63, 3.8) is 0 Å². The maximum Gasteiger partial charge on any atom is 0.161 e. The molecule has 0 fully saturated rings. The van der Waals surface area contributed by atoms with Crippen LogP contribution in [0.4, 0.5) is 0 Å². The predicted molar refractivity (Wildman–Crippen MR) is 60.9 cm³/mol. The highest BCUT2D eigenvalue weighted by Crippen LogP contribution is 2.30. The second-order valence-corrected chi connectivity index (χ2v) is 3.99. The van der Waals surface area contributed by atoms with Gasteiger partial charge in [-0.25, -0.2) is 0 Å². The van der Waals surface area contributed by atoms with Gasteiger partial charge in [-0.3, -0.25) is 0 Å². The Morgan fingerprint density at radius 3 is 2.94 bits per heavy atom. The van der Waals surface area contributed by atoms with E-state index in [9.17, 15) is 0 Å². The van der Waals surface area contributed by atoms with Gasteiger partial charge in [-0.1, -0.05) is 12.1 Å². The fourth-order valence-electron chi connectivity index (χ4n) is 1.56. The Hall–Kier alpha value is -1.26. The summed E-state index contributed by atoms with van der Waals surface area (Å²) in [5.41, 5.74) is 0. The number of para-hydroxylation sites is 2. The molecule has 2 N–H and O–H groups in total. The van der Waals surface area contributed by atoms with E-state index < -0.39 is 0 Å². The van der Waals surface area contributed by atoms with Crippen LogP contribution in [-0.4, -0.2) is 37.0 Å². The molecule has 0 saturated carbocycles. The van der Waals surface area contributed by atoms with Gasteiger partial charge in [0, 0.05) is 12.6 Å². The van der Waals surface area contributed by atoms with Crippen LogP contribution in [0.1, 0.15) is 6.92 Å². The van der Waals surface area contributed by atoms with Gasteiger partial charge < -0.3 is 19.9 Å². The Morgan fingerprint density at radius 2 is 2.19 bits per heavy atom. The molecule has 1 aliphatic heterocycles. The lowest BCUT2D eigenvalue weighted by molar-refractivity contribution is 0.0863. The Balaban J connectivity index is 1.88. The summed E-state index contributed by atoms with van der Waals surface area (Å²) in [6.07, 6.45) is 0.00361. The number of aliphatic hydroxyl groups excluding tert-OH is 1. The number of fused-ring (bicyclic) bond motifs is 1. The molecule has 1 aromatic rings. The molecule has 16 heavy (non-hydrogen) atoms. The maximum atomic E-state index is 8.89. The van der Waals surface area contributed by atoms with E-state index in [1.807, 2.05) is 31.2 Å². The molecule has 1 heterocycles. The lowest BCUT2D eigenvalue weighted by Crippen LogP contribution is -2.42. The lowest BCUT2D eigenvalue weighted by atomic mass is 10.2. The van der Waals surface area contributed by atoms with Crippen LogP contribution in [0.25, 0.3) is 0 Å². The first-order valence-electron chi connectivity index (χ1n) is 5.52. The molecule has 2 unspecified atom stereocenters. The Labute approximate surface area is 95.2 Å². The minimum atomic E-state index is 0.00361. The number of benzene rings is 1. The number of hydrogen-bond donors (Lipinski definition) is 2. The van der Waals surface area contributed by atoms with Gasteiger partial charge in [0.05, 0.1) is 6.61 Å². The molecule has 0 aromatic heterocycles. The molecule has 0 radical (unpaired) electrons. The van der Waals surface area contributed by atoms with Crippen molar-refractivity contribution in [2.75, 3.05) is 19.8 Å². The molecule has 2 rings (SSSR count). The number of hydrogen-bond acceptors (Lipinski definition) is 4. The Bertz CT molecular complexity index is 343. The van der Waals surface area contributed by atoms with Gasteiger partial charge in [-0.05, 0) is 19.1 Å². The van der Waals surface area contributed by atoms with Crippen LogP contribution >= 0.6 is 0 Å². The first-order chi connectivity index (χ1) is 7.79. The fraction of sp³-hybridized carbons (Fsp3) is 0.500. The SMILES string of the molecule is CC(CO)NCC1COc2ccccc2O1. The van der Waals surface area contributed by atoms with Gasteiger partial charge in [-0.15, -0.1) is 0 Å². The molecule has 0 spiro atoms. The molecule has 1 aliphatic rings. The Kier molecular flexibility index (Phi) is 3.64. The molecule has 0 aliphatic carbocycles. The van der Waals surface area contributed by atoms with Gasteiger partial charge in [0.2, 0.25) is 0 Å². The van der Waals surface area contributed by atoms with Gasteiger partial charge in [0.25, 0.3) is 0 Å². The van der Waals surface area contributed by atoms with Crippen LogP contribution in [-0.2, 0) is 0 Å². The van der Waals surface area contributed by atoms with Gasteiger partial charge in [0.1, 0.15) is 12.7 Å². The van der Waals surface area contributed by atoms with Crippen molar-refractivity contribution in [2.45, 2.75) is 19.1 Å². The number of aliphatic hydroxyl groups is 1. The third-order valence-electron chi connectivity index (χ3n) is 2.54. The minimum absolute atomic E-state index is 0.00361. The van der Waals surface area contributed by atoms with E-state index >= 15 is 0 Å². The molecule has 4 nitrogen and oxygen atoms in total. The Morgan fingerprint density at radius 1 is 1.44 bits per heavy atom. The van der Waals surface area contributed by atoms with E-state index in [0.29, 0.717) is 13.2 Å². The van der Waals surface area contributed by atoms with E-state index in [0.717, 1.165) is 11.5 Å². The normalized spacial score (nSPS) is 20.5. The molecule has 2 atom stereocenters. The van der Waals surface area contributed by atoms with E-state index in [-0.39, 0.29) is 18.8 Å². The van der Waals surface area contributed by atoms with Crippen molar-refractivity contribution in [1.29, 1.82) is 0 Å². The van der Waals surface area contributed by atoms with Gasteiger partial charge in [-0.2, -0.15) is 0 Å². The predicted octanol–water partition coefficient (Wildman–Crippen LogP) is 0.797. The van der Waals surface area contributed by atoms with Crippen LogP contribution in [0.3, 0.4) is 0 Å². The topological polar surface area (TPSA) is 50.7 Å². The molecule has 88 valence electrons. The van der Waals surface area contributed by atoms with Gasteiger partial charge >= 0.3 is 0 Å². The zero-order valence-corrected chi connectivity index (χ0v) is 9.35. The third kappa shape index (κ3) is 2.65. The molecule has 1 aromatic carbocycles. The smallest absolute Gasteiger partial charge is 0.161 e. The van der Waals surface area contributed by atoms with E-state index in [1.165, 1.54) is 0 Å². The second kappa shape index (κ2) is 5.18. The lowest BCUT2D eigenvalue weighted by Gasteiger charge is -2.27. The average molecular weight is 223 g/mol.